The van der Waals surface area contributed by atoms with Crippen LogP contribution in [0, 0.1) is 5.82 Å². The smallest absolute Gasteiger partial charge is 0.167 e. The predicted octanol–water partition coefficient (Wildman–Crippen LogP) is 3.77. The maximum Gasteiger partial charge on any atom is 0.167 e. The van der Waals surface area contributed by atoms with Crippen molar-refractivity contribution in [2.75, 3.05) is 19.5 Å². The molecule has 3 nitrogen and oxygen atoms in total. The largest absolute Gasteiger partial charge is 0.494 e. The fraction of sp³-hybridized carbons (Fsp3) is 0.571. The highest BCUT2D eigenvalue weighted by Gasteiger charge is 2.09. The Labute approximate surface area is 108 Å². The van der Waals surface area contributed by atoms with Crippen LogP contribution in [0.1, 0.15) is 39.0 Å². The van der Waals surface area contributed by atoms with Gasteiger partial charge in [0.05, 0.1) is 19.4 Å². The molecule has 0 aliphatic rings. The molecular formula is C14H22FNO2. The number of halogens is 1. The zero-order valence-electron chi connectivity index (χ0n) is 11.2. The van der Waals surface area contributed by atoms with Crippen molar-refractivity contribution in [3.8, 4) is 11.5 Å². The van der Waals surface area contributed by atoms with Gasteiger partial charge >= 0.3 is 0 Å². The molecule has 0 bridgehead atoms. The van der Waals surface area contributed by atoms with Crippen LogP contribution in [0.25, 0.3) is 0 Å². The average Bonchev–Trinajstić information content (AvgIpc) is 2.36. The van der Waals surface area contributed by atoms with E-state index in [-0.39, 0.29) is 11.4 Å². The van der Waals surface area contributed by atoms with Crippen molar-refractivity contribution < 1.29 is 13.9 Å². The molecule has 4 heteroatoms. The number of nitrogen functional groups attached to an aromatic ring is 1. The first-order chi connectivity index (χ1) is 8.69. The first kappa shape index (κ1) is 14.6. The van der Waals surface area contributed by atoms with Crippen molar-refractivity contribution >= 4 is 5.69 Å². The first-order valence-electron chi connectivity index (χ1n) is 6.44. The van der Waals surface area contributed by atoms with E-state index in [9.17, 15) is 4.39 Å². The molecule has 0 spiro atoms. The molecule has 0 radical (unpaired) electrons. The summed E-state index contributed by atoms with van der Waals surface area (Å²) in [6.45, 7) is 2.69. The minimum Gasteiger partial charge on any atom is -0.494 e. The topological polar surface area (TPSA) is 44.5 Å². The Hall–Kier alpha value is -1.45. The van der Waals surface area contributed by atoms with Crippen LogP contribution in [-0.2, 0) is 0 Å². The zero-order chi connectivity index (χ0) is 13.4. The van der Waals surface area contributed by atoms with Gasteiger partial charge in [0, 0.05) is 12.1 Å². The van der Waals surface area contributed by atoms with Gasteiger partial charge in [-0.2, -0.15) is 0 Å². The molecule has 1 rings (SSSR count). The molecule has 0 amide bonds. The average molecular weight is 255 g/mol. The summed E-state index contributed by atoms with van der Waals surface area (Å²) in [5.74, 6) is 0.204. The monoisotopic (exact) mass is 255 g/mol. The number of benzene rings is 1. The molecule has 0 aromatic heterocycles. The highest BCUT2D eigenvalue weighted by molar-refractivity contribution is 5.56. The third-order valence-electron chi connectivity index (χ3n) is 2.79. The number of anilines is 1. The second-order valence-corrected chi connectivity index (χ2v) is 4.29. The Morgan fingerprint density at radius 2 is 1.83 bits per heavy atom. The molecule has 102 valence electrons. The predicted molar refractivity (Wildman–Crippen MR) is 71.6 cm³/mol. The number of nitrogens with two attached hydrogens (primary N) is 1. The van der Waals surface area contributed by atoms with Crippen LogP contribution < -0.4 is 15.2 Å². The van der Waals surface area contributed by atoms with Gasteiger partial charge < -0.3 is 15.2 Å². The standard InChI is InChI=1S/C14H22FNO2/c1-3-4-5-6-7-8-18-13-10-14(17-2)12(16)9-11(13)15/h9-10H,3-8,16H2,1-2H3. The van der Waals surface area contributed by atoms with Crippen LogP contribution in [0.3, 0.4) is 0 Å². The van der Waals surface area contributed by atoms with Gasteiger partial charge in [-0.05, 0) is 6.42 Å². The summed E-state index contributed by atoms with van der Waals surface area (Å²) in [6.07, 6.45) is 5.70. The van der Waals surface area contributed by atoms with Gasteiger partial charge in [0.1, 0.15) is 5.75 Å². The van der Waals surface area contributed by atoms with Crippen molar-refractivity contribution in [1.29, 1.82) is 0 Å². The maximum atomic E-state index is 13.5. The third kappa shape index (κ3) is 4.43. The molecule has 0 aliphatic carbocycles. The lowest BCUT2D eigenvalue weighted by molar-refractivity contribution is 0.288. The number of ether oxygens (including phenoxy) is 2. The molecule has 0 fully saturated rings. The van der Waals surface area contributed by atoms with Gasteiger partial charge in [0.15, 0.2) is 11.6 Å². The second-order valence-electron chi connectivity index (χ2n) is 4.29. The molecule has 0 aliphatic heterocycles. The molecule has 0 heterocycles. The summed E-state index contributed by atoms with van der Waals surface area (Å²) in [7, 11) is 1.50. The van der Waals surface area contributed by atoms with E-state index in [4.69, 9.17) is 15.2 Å². The summed E-state index contributed by atoms with van der Waals surface area (Å²) >= 11 is 0. The molecule has 0 saturated heterocycles. The van der Waals surface area contributed by atoms with Crippen molar-refractivity contribution in [2.45, 2.75) is 39.0 Å². The van der Waals surface area contributed by atoms with Crippen molar-refractivity contribution in [1.82, 2.24) is 0 Å². The summed E-state index contributed by atoms with van der Waals surface area (Å²) < 4.78 is 24.0. The van der Waals surface area contributed by atoms with Crippen LogP contribution in [0.5, 0.6) is 11.5 Å². The Bertz CT molecular complexity index is 369. The van der Waals surface area contributed by atoms with Gasteiger partial charge in [0.2, 0.25) is 0 Å². The van der Waals surface area contributed by atoms with Gasteiger partial charge in [-0.1, -0.05) is 32.6 Å². The fourth-order valence-electron chi connectivity index (χ4n) is 1.73. The van der Waals surface area contributed by atoms with E-state index >= 15 is 0 Å². The lowest BCUT2D eigenvalue weighted by Crippen LogP contribution is -2.01. The molecule has 0 saturated carbocycles. The quantitative estimate of drug-likeness (QED) is 0.568. The van der Waals surface area contributed by atoms with Crippen molar-refractivity contribution in [3.05, 3.63) is 17.9 Å². The van der Waals surface area contributed by atoms with E-state index in [0.717, 1.165) is 12.8 Å². The Morgan fingerprint density at radius 3 is 2.50 bits per heavy atom. The first-order valence-corrected chi connectivity index (χ1v) is 6.44. The molecule has 18 heavy (non-hydrogen) atoms. The van der Waals surface area contributed by atoms with Crippen LogP contribution in [0.2, 0.25) is 0 Å². The number of methoxy groups -OCH3 is 1. The molecule has 1 aromatic rings. The maximum absolute atomic E-state index is 13.5. The summed E-state index contributed by atoms with van der Waals surface area (Å²) in [4.78, 5) is 0. The summed E-state index contributed by atoms with van der Waals surface area (Å²) in [5.41, 5.74) is 5.87. The van der Waals surface area contributed by atoms with Gasteiger partial charge in [-0.3, -0.25) is 0 Å². The minimum absolute atomic E-state index is 0.205. The lowest BCUT2D eigenvalue weighted by atomic mass is 10.2. The zero-order valence-corrected chi connectivity index (χ0v) is 11.2. The van der Waals surface area contributed by atoms with Crippen LogP contribution in [0.4, 0.5) is 10.1 Å². The number of hydrogen-bond donors (Lipinski definition) is 1. The van der Waals surface area contributed by atoms with E-state index in [1.165, 1.54) is 38.5 Å². The van der Waals surface area contributed by atoms with Crippen LogP contribution in [0.15, 0.2) is 12.1 Å². The van der Waals surface area contributed by atoms with E-state index in [1.807, 2.05) is 0 Å². The molecule has 2 N–H and O–H groups in total. The van der Waals surface area contributed by atoms with Crippen LogP contribution in [-0.4, -0.2) is 13.7 Å². The highest BCUT2D eigenvalue weighted by atomic mass is 19.1. The van der Waals surface area contributed by atoms with Crippen molar-refractivity contribution in [2.24, 2.45) is 0 Å². The molecule has 1 aromatic carbocycles. The Kier molecular flexibility index (Phi) is 6.33. The second kappa shape index (κ2) is 7.80. The molecule has 0 unspecified atom stereocenters. The van der Waals surface area contributed by atoms with E-state index in [1.54, 1.807) is 0 Å². The normalized spacial score (nSPS) is 10.4. The number of hydrogen-bond acceptors (Lipinski definition) is 3. The van der Waals surface area contributed by atoms with Crippen molar-refractivity contribution in [3.63, 3.8) is 0 Å². The fourth-order valence-corrected chi connectivity index (χ4v) is 1.73. The molecular weight excluding hydrogens is 233 g/mol. The van der Waals surface area contributed by atoms with E-state index in [0.29, 0.717) is 12.4 Å². The lowest BCUT2D eigenvalue weighted by Gasteiger charge is -2.10. The van der Waals surface area contributed by atoms with Gasteiger partial charge in [-0.15, -0.1) is 0 Å². The molecule has 0 atom stereocenters. The number of unbranched alkanes of at least 4 members (excludes halogenated alkanes) is 4. The van der Waals surface area contributed by atoms with Crippen LogP contribution >= 0.6 is 0 Å². The minimum atomic E-state index is -0.443. The van der Waals surface area contributed by atoms with Gasteiger partial charge in [0.25, 0.3) is 0 Å². The van der Waals surface area contributed by atoms with Gasteiger partial charge in [-0.25, -0.2) is 4.39 Å². The Morgan fingerprint density at radius 1 is 1.11 bits per heavy atom. The van der Waals surface area contributed by atoms with E-state index in [2.05, 4.69) is 6.92 Å². The highest BCUT2D eigenvalue weighted by Crippen LogP contribution is 2.29. The number of rotatable bonds is 8. The summed E-state index contributed by atoms with van der Waals surface area (Å²) in [5, 5.41) is 0. The summed E-state index contributed by atoms with van der Waals surface area (Å²) in [6, 6.07) is 2.72. The Balaban J connectivity index is 2.42. The third-order valence-corrected chi connectivity index (χ3v) is 2.79. The SMILES string of the molecule is CCCCCCCOc1cc(OC)c(N)cc1F. The van der Waals surface area contributed by atoms with E-state index < -0.39 is 5.82 Å².